The van der Waals surface area contributed by atoms with Crippen LogP contribution in [0.4, 0.5) is 11.4 Å². The summed E-state index contributed by atoms with van der Waals surface area (Å²) in [4.78, 5) is 49.8. The molecule has 1 unspecified atom stereocenters. The molecule has 2 saturated heterocycles. The maximum Gasteiger partial charge on any atom is 0.251 e. The average molecular weight is 622 g/mol. The Morgan fingerprint density at radius 1 is 0.822 bits per heavy atom. The van der Waals surface area contributed by atoms with Crippen molar-refractivity contribution in [1.82, 2.24) is 4.90 Å². The number of carbonyl (C=O) groups excluding carboxylic acids is 3. The second kappa shape index (κ2) is 11.2. The number of amides is 3. The maximum atomic E-state index is 15.0. The first-order valence-corrected chi connectivity index (χ1v) is 16.7. The minimum atomic E-state index is -0.986. The highest BCUT2D eigenvalue weighted by Gasteiger charge is 2.74. The van der Waals surface area contributed by atoms with Gasteiger partial charge in [-0.2, -0.15) is 0 Å². The molecule has 3 aromatic carbocycles. The Morgan fingerprint density at radius 3 is 2.20 bits per heavy atom. The number of thioether (sulfide) groups is 1. The van der Waals surface area contributed by atoms with E-state index in [-0.39, 0.29) is 30.2 Å². The lowest BCUT2D eigenvalue weighted by Gasteiger charge is -2.41. The van der Waals surface area contributed by atoms with Crippen LogP contribution >= 0.6 is 11.8 Å². The number of anilines is 2. The fourth-order valence-corrected chi connectivity index (χ4v) is 10.2. The van der Waals surface area contributed by atoms with E-state index in [0.29, 0.717) is 13.1 Å². The largest absolute Gasteiger partial charge is 0.394 e. The van der Waals surface area contributed by atoms with Crippen LogP contribution in [0, 0.1) is 17.8 Å². The van der Waals surface area contributed by atoms with Crippen LogP contribution in [0.1, 0.15) is 27.2 Å². The maximum absolute atomic E-state index is 15.0. The molecule has 2 fully saturated rings. The van der Waals surface area contributed by atoms with Crippen LogP contribution < -0.4 is 9.80 Å². The van der Waals surface area contributed by atoms with E-state index < -0.39 is 33.4 Å². The Kier molecular flexibility index (Phi) is 7.40. The number of carbonyl (C=O) groups is 3. The van der Waals surface area contributed by atoms with Gasteiger partial charge in [-0.15, -0.1) is 11.8 Å². The average Bonchev–Trinajstić information content (AvgIpc) is 3.32. The summed E-state index contributed by atoms with van der Waals surface area (Å²) < 4.78 is -1.70. The molecule has 0 saturated carbocycles. The SMILES string of the molecule is CC[C@H](C)[C@H](CO)N1C(=O)[C@@H]2[C@@H]3C(=O)N(c4ccccc4)CC=C[C@]3(C)S[C@@]23C=CCN(c2ccc4ccccc4c2)C(=O)C13. The van der Waals surface area contributed by atoms with E-state index in [2.05, 4.69) is 6.08 Å². The molecular formula is C37H39N3O4S. The number of aliphatic hydroxyl groups excluding tert-OH is 1. The van der Waals surface area contributed by atoms with Crippen LogP contribution in [0.3, 0.4) is 0 Å². The van der Waals surface area contributed by atoms with Crippen molar-refractivity contribution >= 4 is 51.6 Å². The van der Waals surface area contributed by atoms with Crippen molar-refractivity contribution in [2.75, 3.05) is 29.5 Å². The number of rotatable bonds is 6. The number of hydrogen-bond donors (Lipinski definition) is 1. The summed E-state index contributed by atoms with van der Waals surface area (Å²) in [7, 11) is 0. The van der Waals surface area contributed by atoms with E-state index in [1.807, 2.05) is 112 Å². The molecule has 3 amide bonds. The number of para-hydroxylation sites is 1. The van der Waals surface area contributed by atoms with Crippen LogP contribution in [-0.4, -0.2) is 69.0 Å². The molecular weight excluding hydrogens is 582 g/mol. The first kappa shape index (κ1) is 29.8. The Labute approximate surface area is 268 Å². The fraction of sp³-hybridized carbons (Fsp3) is 0.378. The third-order valence-electron chi connectivity index (χ3n) is 10.5. The second-order valence-corrected chi connectivity index (χ2v) is 14.7. The Balaban J connectivity index is 1.38. The molecule has 232 valence electrons. The van der Waals surface area contributed by atoms with Gasteiger partial charge in [-0.1, -0.05) is 93.1 Å². The predicted octanol–water partition coefficient (Wildman–Crippen LogP) is 5.44. The van der Waals surface area contributed by atoms with Crippen molar-refractivity contribution in [3.05, 3.63) is 97.1 Å². The lowest BCUT2D eigenvalue weighted by atomic mass is 9.74. The zero-order chi connectivity index (χ0) is 31.5. The van der Waals surface area contributed by atoms with Crippen molar-refractivity contribution in [1.29, 1.82) is 0 Å². The molecule has 7 nitrogen and oxygen atoms in total. The van der Waals surface area contributed by atoms with Crippen molar-refractivity contribution in [3.63, 3.8) is 0 Å². The summed E-state index contributed by atoms with van der Waals surface area (Å²) in [5.41, 5.74) is 1.54. The molecule has 0 bridgehead atoms. The van der Waals surface area contributed by atoms with E-state index in [4.69, 9.17) is 0 Å². The number of hydrogen-bond acceptors (Lipinski definition) is 5. The summed E-state index contributed by atoms with van der Waals surface area (Å²) in [6, 6.07) is 22.2. The number of nitrogens with zero attached hydrogens (tertiary/aromatic N) is 3. The highest BCUT2D eigenvalue weighted by molar-refractivity contribution is 8.02. The van der Waals surface area contributed by atoms with Crippen LogP contribution in [0.5, 0.6) is 0 Å². The number of fused-ring (bicyclic) bond motifs is 3. The van der Waals surface area contributed by atoms with E-state index in [0.717, 1.165) is 28.6 Å². The van der Waals surface area contributed by atoms with Gasteiger partial charge in [0, 0.05) is 29.2 Å². The Bertz CT molecular complexity index is 1720. The van der Waals surface area contributed by atoms with Gasteiger partial charge in [0.2, 0.25) is 11.8 Å². The smallest absolute Gasteiger partial charge is 0.251 e. The summed E-state index contributed by atoms with van der Waals surface area (Å²) in [5.74, 6) is -2.04. The van der Waals surface area contributed by atoms with Crippen LogP contribution in [-0.2, 0) is 14.4 Å². The second-order valence-electron chi connectivity index (χ2n) is 12.9. The molecule has 0 aromatic heterocycles. The van der Waals surface area contributed by atoms with Crippen molar-refractivity contribution in [2.45, 2.75) is 48.8 Å². The molecule has 7 atom stereocenters. The Morgan fingerprint density at radius 2 is 1.49 bits per heavy atom. The normalized spacial score (nSPS) is 30.6. The Hall–Kier alpha value is -3.88. The van der Waals surface area contributed by atoms with Gasteiger partial charge < -0.3 is 19.8 Å². The summed E-state index contributed by atoms with van der Waals surface area (Å²) in [5, 5.41) is 12.9. The summed E-state index contributed by atoms with van der Waals surface area (Å²) in [6.07, 6.45) is 8.87. The van der Waals surface area contributed by atoms with Gasteiger partial charge in [-0.25, -0.2) is 0 Å². The number of aliphatic hydroxyl groups is 1. The molecule has 8 heteroatoms. The van der Waals surface area contributed by atoms with Crippen molar-refractivity contribution < 1.29 is 19.5 Å². The zero-order valence-electron chi connectivity index (χ0n) is 25.9. The van der Waals surface area contributed by atoms with E-state index >= 15 is 4.79 Å². The molecule has 3 aromatic rings. The standard InChI is InChI=1S/C37H39N3O4S/c1-4-24(2)29(23-41)40-32-35(44)39(28-17-16-25-12-8-9-13-26(25)22-28)21-11-19-37(32)31(34(40)43)30-33(42)38(27-14-6-5-7-15-27)20-10-18-36(30,3)45-37/h5-19,22,24,29-32,41H,4,20-21,23H2,1-3H3/t24-,29-,30+,31-,32?,36-,37-/m0/s1. The molecule has 1 N–H and O–H groups in total. The van der Waals surface area contributed by atoms with Gasteiger partial charge in [0.1, 0.15) is 6.04 Å². The van der Waals surface area contributed by atoms with Gasteiger partial charge in [-0.05, 0) is 47.9 Å². The van der Waals surface area contributed by atoms with Gasteiger partial charge >= 0.3 is 0 Å². The van der Waals surface area contributed by atoms with Gasteiger partial charge in [-0.3, -0.25) is 14.4 Å². The molecule has 45 heavy (non-hydrogen) atoms. The van der Waals surface area contributed by atoms with Gasteiger partial charge in [0.25, 0.3) is 5.91 Å². The zero-order valence-corrected chi connectivity index (χ0v) is 26.7. The van der Waals surface area contributed by atoms with Crippen molar-refractivity contribution in [3.8, 4) is 0 Å². The lowest BCUT2D eigenvalue weighted by molar-refractivity contribution is -0.143. The molecule has 4 aliphatic rings. The number of benzene rings is 3. The number of likely N-dealkylation sites (tertiary alicyclic amines) is 1. The molecule has 7 rings (SSSR count). The minimum Gasteiger partial charge on any atom is -0.394 e. The monoisotopic (exact) mass is 621 g/mol. The van der Waals surface area contributed by atoms with Crippen molar-refractivity contribution in [2.24, 2.45) is 17.8 Å². The van der Waals surface area contributed by atoms with Gasteiger partial charge in [0.15, 0.2) is 0 Å². The fourth-order valence-electron chi connectivity index (χ4n) is 8.05. The predicted molar refractivity (Wildman–Crippen MR) is 180 cm³/mol. The molecule has 0 radical (unpaired) electrons. The third kappa shape index (κ3) is 4.48. The lowest BCUT2D eigenvalue weighted by Crippen LogP contribution is -2.58. The van der Waals surface area contributed by atoms with Crippen LogP contribution in [0.15, 0.2) is 97.1 Å². The van der Waals surface area contributed by atoms with Crippen LogP contribution in [0.2, 0.25) is 0 Å². The molecule has 0 aliphatic carbocycles. The quantitative estimate of drug-likeness (QED) is 0.371. The third-order valence-corrected chi connectivity index (χ3v) is 12.2. The highest BCUT2D eigenvalue weighted by atomic mass is 32.2. The summed E-state index contributed by atoms with van der Waals surface area (Å²) in [6.45, 7) is 6.58. The first-order valence-electron chi connectivity index (χ1n) is 15.9. The van der Waals surface area contributed by atoms with E-state index in [1.54, 1.807) is 26.5 Å². The minimum absolute atomic E-state index is 0.0501. The molecule has 1 spiro atoms. The van der Waals surface area contributed by atoms with Gasteiger partial charge in [0.05, 0.1) is 29.2 Å². The topological polar surface area (TPSA) is 81.2 Å². The summed E-state index contributed by atoms with van der Waals surface area (Å²) >= 11 is 1.57. The molecule has 4 aliphatic heterocycles. The highest BCUT2D eigenvalue weighted by Crippen LogP contribution is 2.66. The molecule has 4 heterocycles. The first-order chi connectivity index (χ1) is 21.7. The van der Waals surface area contributed by atoms with Crippen LogP contribution in [0.25, 0.3) is 10.8 Å². The van der Waals surface area contributed by atoms with E-state index in [1.165, 1.54) is 0 Å². The van der Waals surface area contributed by atoms with E-state index in [9.17, 15) is 14.7 Å².